The Morgan fingerprint density at radius 2 is 2.11 bits per heavy atom. The Bertz CT molecular complexity index is 407. The molecule has 0 heterocycles. The second-order valence-electron chi connectivity index (χ2n) is 4.77. The van der Waals surface area contributed by atoms with E-state index in [1.165, 1.54) is 0 Å². The van der Waals surface area contributed by atoms with Gasteiger partial charge < -0.3 is 5.11 Å². The van der Waals surface area contributed by atoms with Crippen LogP contribution in [0.3, 0.4) is 0 Å². The topological polar surface area (TPSA) is 78.6 Å². The summed E-state index contributed by atoms with van der Waals surface area (Å²) < 4.78 is 0. The Hall–Kier alpha value is -1.43. The lowest BCUT2D eigenvalue weighted by molar-refractivity contribution is 0.0950. The third-order valence-electron chi connectivity index (χ3n) is 3.10. The largest absolute Gasteiger partial charge is 0.396 e. The van der Waals surface area contributed by atoms with E-state index in [0.717, 1.165) is 18.5 Å². The number of nitrogens with one attached hydrogen (secondary N) is 1. The van der Waals surface area contributed by atoms with Gasteiger partial charge in [0, 0.05) is 31.3 Å². The van der Waals surface area contributed by atoms with Crippen molar-refractivity contribution in [2.24, 2.45) is 5.84 Å². The van der Waals surface area contributed by atoms with Crippen LogP contribution in [0.5, 0.6) is 0 Å². The number of benzene rings is 1. The van der Waals surface area contributed by atoms with Crippen molar-refractivity contribution in [3.05, 3.63) is 35.4 Å². The van der Waals surface area contributed by atoms with Crippen LogP contribution in [0, 0.1) is 0 Å². The van der Waals surface area contributed by atoms with E-state index < -0.39 is 0 Å². The van der Waals surface area contributed by atoms with E-state index in [1.807, 2.05) is 18.2 Å². The number of nitrogen functional groups attached to an aromatic ring is 1. The SMILES string of the molecule is CC(C)N(CCCO)Cc1ccccc1C(=O)NN. The number of amides is 1. The molecule has 4 N–H and O–H groups in total. The van der Waals surface area contributed by atoms with Gasteiger partial charge in [0.25, 0.3) is 5.91 Å². The molecule has 1 aromatic rings. The fraction of sp³-hybridized carbons (Fsp3) is 0.500. The van der Waals surface area contributed by atoms with Crippen LogP contribution in [-0.2, 0) is 6.54 Å². The summed E-state index contributed by atoms with van der Waals surface area (Å²) in [6.45, 7) is 5.84. The van der Waals surface area contributed by atoms with Gasteiger partial charge in [0.2, 0.25) is 0 Å². The second-order valence-corrected chi connectivity index (χ2v) is 4.77. The maximum atomic E-state index is 11.7. The minimum Gasteiger partial charge on any atom is -0.396 e. The molecule has 0 atom stereocenters. The highest BCUT2D eigenvalue weighted by molar-refractivity contribution is 5.95. The van der Waals surface area contributed by atoms with E-state index in [9.17, 15) is 4.79 Å². The molecule has 5 nitrogen and oxygen atoms in total. The summed E-state index contributed by atoms with van der Waals surface area (Å²) in [5, 5.41) is 8.94. The van der Waals surface area contributed by atoms with Crippen LogP contribution in [0.25, 0.3) is 0 Å². The van der Waals surface area contributed by atoms with Gasteiger partial charge in [0.15, 0.2) is 0 Å². The third kappa shape index (κ3) is 4.63. The van der Waals surface area contributed by atoms with Crippen LogP contribution in [-0.4, -0.2) is 35.1 Å². The second kappa shape index (κ2) is 7.89. The number of hydrogen-bond donors (Lipinski definition) is 3. The third-order valence-corrected chi connectivity index (χ3v) is 3.10. The number of nitrogens with two attached hydrogens (primary N) is 1. The molecule has 0 unspecified atom stereocenters. The zero-order valence-corrected chi connectivity index (χ0v) is 11.6. The number of carbonyl (C=O) groups excluding carboxylic acids is 1. The molecular weight excluding hydrogens is 242 g/mol. The van der Waals surface area contributed by atoms with Crippen molar-refractivity contribution < 1.29 is 9.90 Å². The summed E-state index contributed by atoms with van der Waals surface area (Å²) in [7, 11) is 0. The Morgan fingerprint density at radius 1 is 1.42 bits per heavy atom. The number of nitrogens with zero attached hydrogens (tertiary/aromatic N) is 1. The average molecular weight is 265 g/mol. The standard InChI is InChI=1S/C14H23N3O2/c1-11(2)17(8-5-9-18)10-12-6-3-4-7-13(12)14(19)16-15/h3-4,6-7,11,18H,5,8-10,15H2,1-2H3,(H,16,19). The molecule has 0 aliphatic carbocycles. The molecule has 1 rings (SSSR count). The zero-order chi connectivity index (χ0) is 14.3. The maximum Gasteiger partial charge on any atom is 0.265 e. The van der Waals surface area contributed by atoms with E-state index >= 15 is 0 Å². The van der Waals surface area contributed by atoms with Gasteiger partial charge in [-0.15, -0.1) is 0 Å². The van der Waals surface area contributed by atoms with E-state index in [2.05, 4.69) is 24.2 Å². The number of rotatable bonds is 7. The molecule has 0 aromatic heterocycles. The molecule has 1 amide bonds. The monoisotopic (exact) mass is 265 g/mol. The molecule has 0 fully saturated rings. The number of aliphatic hydroxyl groups is 1. The fourth-order valence-corrected chi connectivity index (χ4v) is 1.97. The molecule has 1 aromatic carbocycles. The molecule has 5 heteroatoms. The maximum absolute atomic E-state index is 11.7. The molecule has 19 heavy (non-hydrogen) atoms. The molecule has 0 aliphatic rings. The Morgan fingerprint density at radius 3 is 2.68 bits per heavy atom. The van der Waals surface area contributed by atoms with Gasteiger partial charge in [0.1, 0.15) is 0 Å². The van der Waals surface area contributed by atoms with Crippen molar-refractivity contribution in [2.45, 2.75) is 32.9 Å². The molecular formula is C14H23N3O2. The molecule has 0 bridgehead atoms. The van der Waals surface area contributed by atoms with E-state index in [1.54, 1.807) is 6.07 Å². The summed E-state index contributed by atoms with van der Waals surface area (Å²) in [4.78, 5) is 13.9. The van der Waals surface area contributed by atoms with Crippen LogP contribution in [0.1, 0.15) is 36.2 Å². The normalized spacial score (nSPS) is 11.1. The Balaban J connectivity index is 2.86. The first-order valence-corrected chi connectivity index (χ1v) is 6.54. The van der Waals surface area contributed by atoms with E-state index in [-0.39, 0.29) is 12.5 Å². The lowest BCUT2D eigenvalue weighted by atomic mass is 10.1. The van der Waals surface area contributed by atoms with Gasteiger partial charge >= 0.3 is 0 Å². The lowest BCUT2D eigenvalue weighted by Crippen LogP contribution is -2.34. The first kappa shape index (κ1) is 15.6. The first-order chi connectivity index (χ1) is 9.10. The van der Waals surface area contributed by atoms with Crippen molar-refractivity contribution in [3.8, 4) is 0 Å². The first-order valence-electron chi connectivity index (χ1n) is 6.54. The predicted octanol–water partition coefficient (Wildman–Crippen LogP) is 0.883. The van der Waals surface area contributed by atoms with Crippen LogP contribution >= 0.6 is 0 Å². The summed E-state index contributed by atoms with van der Waals surface area (Å²) in [6.07, 6.45) is 0.726. The van der Waals surface area contributed by atoms with Gasteiger partial charge in [-0.1, -0.05) is 18.2 Å². The van der Waals surface area contributed by atoms with Crippen molar-refractivity contribution in [2.75, 3.05) is 13.2 Å². The summed E-state index contributed by atoms with van der Waals surface area (Å²) in [5.74, 6) is 4.92. The van der Waals surface area contributed by atoms with Gasteiger partial charge in [0.05, 0.1) is 0 Å². The van der Waals surface area contributed by atoms with Crippen LogP contribution in [0.15, 0.2) is 24.3 Å². The minimum atomic E-state index is -0.276. The lowest BCUT2D eigenvalue weighted by Gasteiger charge is -2.27. The highest BCUT2D eigenvalue weighted by atomic mass is 16.3. The van der Waals surface area contributed by atoms with Crippen molar-refractivity contribution in [1.29, 1.82) is 0 Å². The highest BCUT2D eigenvalue weighted by Gasteiger charge is 2.14. The molecule has 0 radical (unpaired) electrons. The fourth-order valence-electron chi connectivity index (χ4n) is 1.97. The summed E-state index contributed by atoms with van der Waals surface area (Å²) in [5.41, 5.74) is 3.71. The molecule has 0 saturated carbocycles. The van der Waals surface area contributed by atoms with Crippen molar-refractivity contribution in [3.63, 3.8) is 0 Å². The molecule has 0 aliphatic heterocycles. The number of aliphatic hydroxyl groups excluding tert-OH is 1. The van der Waals surface area contributed by atoms with Gasteiger partial charge in [-0.2, -0.15) is 0 Å². The van der Waals surface area contributed by atoms with E-state index in [0.29, 0.717) is 18.2 Å². The predicted molar refractivity (Wildman–Crippen MR) is 75.3 cm³/mol. The van der Waals surface area contributed by atoms with Crippen molar-refractivity contribution in [1.82, 2.24) is 10.3 Å². The number of hydrazine groups is 1. The Kier molecular flexibility index (Phi) is 6.49. The molecule has 0 saturated heterocycles. The van der Waals surface area contributed by atoms with Gasteiger partial charge in [-0.05, 0) is 31.9 Å². The zero-order valence-electron chi connectivity index (χ0n) is 11.6. The number of carbonyl (C=O) groups is 1. The highest BCUT2D eigenvalue weighted by Crippen LogP contribution is 2.14. The van der Waals surface area contributed by atoms with E-state index in [4.69, 9.17) is 10.9 Å². The molecule has 106 valence electrons. The average Bonchev–Trinajstić information content (AvgIpc) is 2.42. The van der Waals surface area contributed by atoms with Crippen LogP contribution in [0.4, 0.5) is 0 Å². The van der Waals surface area contributed by atoms with Crippen LogP contribution < -0.4 is 11.3 Å². The minimum absolute atomic E-state index is 0.175. The van der Waals surface area contributed by atoms with Crippen LogP contribution in [0.2, 0.25) is 0 Å². The number of hydrogen-bond acceptors (Lipinski definition) is 4. The summed E-state index contributed by atoms with van der Waals surface area (Å²) >= 11 is 0. The summed E-state index contributed by atoms with van der Waals surface area (Å²) in [6, 6.07) is 7.77. The van der Waals surface area contributed by atoms with Gasteiger partial charge in [-0.25, -0.2) is 5.84 Å². The van der Waals surface area contributed by atoms with Crippen molar-refractivity contribution >= 4 is 5.91 Å². The quantitative estimate of drug-likeness (QED) is 0.388. The molecule has 0 spiro atoms. The Labute approximate surface area is 114 Å². The smallest absolute Gasteiger partial charge is 0.265 e. The van der Waals surface area contributed by atoms with Gasteiger partial charge in [-0.3, -0.25) is 15.1 Å².